The third kappa shape index (κ3) is 4.70. The van der Waals surface area contributed by atoms with Gasteiger partial charge in [-0.1, -0.05) is 37.0 Å². The minimum atomic E-state index is -0.236. The number of amides is 1. The molecule has 0 aliphatic carbocycles. The molecule has 0 bridgehead atoms. The fourth-order valence-corrected chi connectivity index (χ4v) is 2.55. The third-order valence-electron chi connectivity index (χ3n) is 3.37. The Labute approximate surface area is 145 Å². The first-order valence-corrected chi connectivity index (χ1v) is 8.18. The van der Waals surface area contributed by atoms with Gasteiger partial charge in [-0.15, -0.1) is 0 Å². The van der Waals surface area contributed by atoms with E-state index in [1.165, 1.54) is 0 Å². The van der Waals surface area contributed by atoms with Gasteiger partial charge in [0.05, 0.1) is 15.7 Å². The summed E-state index contributed by atoms with van der Waals surface area (Å²) in [7, 11) is 0. The lowest BCUT2D eigenvalue weighted by Gasteiger charge is -2.18. The predicted octanol–water partition coefficient (Wildman–Crippen LogP) is 3.28. The van der Waals surface area contributed by atoms with Gasteiger partial charge in [0.2, 0.25) is 0 Å². The molecule has 1 atom stereocenters. The van der Waals surface area contributed by atoms with E-state index < -0.39 is 0 Å². The maximum absolute atomic E-state index is 12.3. The second kappa shape index (κ2) is 7.81. The van der Waals surface area contributed by atoms with Crippen LogP contribution in [0.3, 0.4) is 0 Å². The van der Waals surface area contributed by atoms with Crippen LogP contribution in [0, 0.1) is 5.92 Å². The van der Waals surface area contributed by atoms with Crippen LogP contribution in [0.1, 0.15) is 30.8 Å². The van der Waals surface area contributed by atoms with E-state index in [1.54, 1.807) is 35.1 Å². The van der Waals surface area contributed by atoms with Crippen LogP contribution in [0.25, 0.3) is 5.69 Å². The highest BCUT2D eigenvalue weighted by atomic mass is 35.5. The van der Waals surface area contributed by atoms with E-state index in [2.05, 4.69) is 24.3 Å². The molecule has 0 fully saturated rings. The number of hydrogen-bond donors (Lipinski definition) is 2. The van der Waals surface area contributed by atoms with Crippen LogP contribution in [0.5, 0.6) is 0 Å². The molecular formula is C16H20Cl2N4O. The Hall–Kier alpha value is -1.56. The highest BCUT2D eigenvalue weighted by molar-refractivity contribution is 6.42. The Balaban J connectivity index is 2.11. The summed E-state index contributed by atoms with van der Waals surface area (Å²) in [5.41, 5.74) is 6.77. The van der Waals surface area contributed by atoms with Gasteiger partial charge in [0, 0.05) is 18.8 Å². The van der Waals surface area contributed by atoms with Crippen molar-refractivity contribution in [1.82, 2.24) is 15.1 Å². The van der Waals surface area contributed by atoms with Crippen molar-refractivity contribution in [3.8, 4) is 5.69 Å². The van der Waals surface area contributed by atoms with Crippen molar-refractivity contribution in [2.75, 3.05) is 6.54 Å². The average molecular weight is 355 g/mol. The molecule has 0 spiro atoms. The molecule has 1 unspecified atom stereocenters. The van der Waals surface area contributed by atoms with E-state index in [0.717, 1.165) is 12.1 Å². The lowest BCUT2D eigenvalue weighted by Crippen LogP contribution is -2.41. The van der Waals surface area contributed by atoms with Gasteiger partial charge in [-0.25, -0.2) is 4.68 Å². The molecule has 1 aromatic carbocycles. The molecular weight excluding hydrogens is 335 g/mol. The van der Waals surface area contributed by atoms with Crippen molar-refractivity contribution in [1.29, 1.82) is 0 Å². The topological polar surface area (TPSA) is 72.9 Å². The molecule has 5 nitrogen and oxygen atoms in total. The summed E-state index contributed by atoms with van der Waals surface area (Å²) < 4.78 is 1.58. The fourth-order valence-electron chi connectivity index (χ4n) is 2.26. The maximum atomic E-state index is 12.3. The molecule has 0 aliphatic rings. The van der Waals surface area contributed by atoms with Crippen LogP contribution in [0.15, 0.2) is 30.5 Å². The van der Waals surface area contributed by atoms with Crippen LogP contribution in [0.2, 0.25) is 10.0 Å². The van der Waals surface area contributed by atoms with Gasteiger partial charge in [0.25, 0.3) is 5.91 Å². The molecule has 2 aromatic rings. The van der Waals surface area contributed by atoms with Gasteiger partial charge >= 0.3 is 0 Å². The number of halogens is 2. The van der Waals surface area contributed by atoms with E-state index in [4.69, 9.17) is 28.9 Å². The van der Waals surface area contributed by atoms with Gasteiger partial charge < -0.3 is 11.1 Å². The molecule has 0 saturated carbocycles. The minimum absolute atomic E-state index is 0.0578. The summed E-state index contributed by atoms with van der Waals surface area (Å²) >= 11 is 11.9. The fraction of sp³-hybridized carbons (Fsp3) is 0.375. The molecule has 2 rings (SSSR count). The summed E-state index contributed by atoms with van der Waals surface area (Å²) in [5, 5.41) is 8.10. The molecule has 0 radical (unpaired) electrons. The second-order valence-corrected chi connectivity index (χ2v) is 6.59. The number of rotatable bonds is 6. The monoisotopic (exact) mass is 354 g/mol. The molecule has 124 valence electrons. The Kier molecular flexibility index (Phi) is 6.04. The van der Waals surface area contributed by atoms with Crippen LogP contribution in [-0.4, -0.2) is 28.3 Å². The lowest BCUT2D eigenvalue weighted by atomic mass is 10.0. The van der Waals surface area contributed by atoms with Crippen molar-refractivity contribution in [2.45, 2.75) is 26.3 Å². The first-order chi connectivity index (χ1) is 10.9. The summed E-state index contributed by atoms with van der Waals surface area (Å²) in [4.78, 5) is 12.3. The number of aromatic nitrogens is 2. The van der Waals surface area contributed by atoms with E-state index in [-0.39, 0.29) is 11.9 Å². The van der Waals surface area contributed by atoms with Gasteiger partial charge in [0.1, 0.15) is 0 Å². The molecule has 3 N–H and O–H groups in total. The number of benzene rings is 1. The number of nitrogens with one attached hydrogen (secondary N) is 1. The van der Waals surface area contributed by atoms with E-state index >= 15 is 0 Å². The Bertz CT molecular complexity index is 684. The summed E-state index contributed by atoms with van der Waals surface area (Å²) in [6.07, 6.45) is 2.53. The van der Waals surface area contributed by atoms with E-state index in [1.807, 2.05) is 0 Å². The highest BCUT2D eigenvalue weighted by Crippen LogP contribution is 2.24. The number of carbonyl (C=O) groups is 1. The summed E-state index contributed by atoms with van der Waals surface area (Å²) in [5.74, 6) is 0.220. The number of carbonyl (C=O) groups excluding carboxylic acids is 1. The predicted molar refractivity (Wildman–Crippen MR) is 93.3 cm³/mol. The maximum Gasteiger partial charge on any atom is 0.272 e. The zero-order valence-corrected chi connectivity index (χ0v) is 14.6. The van der Waals surface area contributed by atoms with E-state index in [0.29, 0.717) is 28.2 Å². The number of nitrogens with two attached hydrogens (primary N) is 1. The van der Waals surface area contributed by atoms with Crippen molar-refractivity contribution < 1.29 is 4.79 Å². The minimum Gasteiger partial charge on any atom is -0.347 e. The highest BCUT2D eigenvalue weighted by Gasteiger charge is 2.16. The largest absolute Gasteiger partial charge is 0.347 e. The quantitative estimate of drug-likeness (QED) is 0.835. The van der Waals surface area contributed by atoms with Crippen LogP contribution in [-0.2, 0) is 0 Å². The SMILES string of the molecule is CC(C)CC(CN)NC(=O)c1ccn(-c2ccc(Cl)c(Cl)c2)n1. The average Bonchev–Trinajstić information content (AvgIpc) is 2.98. The first kappa shape index (κ1) is 17.8. The molecule has 0 aliphatic heterocycles. The summed E-state index contributed by atoms with van der Waals surface area (Å²) in [6.45, 7) is 4.58. The van der Waals surface area contributed by atoms with Gasteiger partial charge in [-0.3, -0.25) is 4.79 Å². The Morgan fingerprint density at radius 2 is 2.04 bits per heavy atom. The zero-order valence-electron chi connectivity index (χ0n) is 13.1. The normalized spacial score (nSPS) is 12.4. The molecule has 7 heteroatoms. The molecule has 0 saturated heterocycles. The first-order valence-electron chi connectivity index (χ1n) is 7.42. The molecule has 23 heavy (non-hydrogen) atoms. The lowest BCUT2D eigenvalue weighted by molar-refractivity contribution is 0.0928. The van der Waals surface area contributed by atoms with Crippen molar-refractivity contribution in [3.05, 3.63) is 46.2 Å². The Morgan fingerprint density at radius 3 is 2.65 bits per heavy atom. The molecule has 1 heterocycles. The van der Waals surface area contributed by atoms with Crippen LogP contribution in [0.4, 0.5) is 0 Å². The smallest absolute Gasteiger partial charge is 0.272 e. The number of nitrogens with zero attached hydrogens (tertiary/aromatic N) is 2. The second-order valence-electron chi connectivity index (χ2n) is 5.78. The van der Waals surface area contributed by atoms with Crippen molar-refractivity contribution in [2.24, 2.45) is 11.7 Å². The van der Waals surface area contributed by atoms with E-state index in [9.17, 15) is 4.79 Å². The van der Waals surface area contributed by atoms with Crippen molar-refractivity contribution >= 4 is 29.1 Å². The zero-order chi connectivity index (χ0) is 17.0. The summed E-state index contributed by atoms with van der Waals surface area (Å²) in [6, 6.07) is 6.76. The third-order valence-corrected chi connectivity index (χ3v) is 4.10. The van der Waals surface area contributed by atoms with Crippen molar-refractivity contribution in [3.63, 3.8) is 0 Å². The van der Waals surface area contributed by atoms with Crippen LogP contribution >= 0.6 is 23.2 Å². The standard InChI is InChI=1S/C16H20Cl2N4O/c1-10(2)7-11(9-19)20-16(23)15-5-6-22(21-15)12-3-4-13(17)14(18)8-12/h3-6,8,10-11H,7,9,19H2,1-2H3,(H,20,23). The van der Waals surface area contributed by atoms with Crippen LogP contribution < -0.4 is 11.1 Å². The number of hydrogen-bond acceptors (Lipinski definition) is 3. The van der Waals surface area contributed by atoms with Gasteiger partial charge in [-0.2, -0.15) is 5.10 Å². The molecule has 1 amide bonds. The van der Waals surface area contributed by atoms with Gasteiger partial charge in [-0.05, 0) is 36.6 Å². The Morgan fingerprint density at radius 1 is 1.30 bits per heavy atom. The molecule has 1 aromatic heterocycles. The van der Waals surface area contributed by atoms with Gasteiger partial charge in [0.15, 0.2) is 5.69 Å².